The summed E-state index contributed by atoms with van der Waals surface area (Å²) in [6, 6.07) is 3.72. The maximum Gasteiger partial charge on any atom is 0.125 e. The average Bonchev–Trinajstić information content (AvgIpc) is 2.64. The number of benzene rings is 1. The smallest absolute Gasteiger partial charge is 0.125 e. The van der Waals surface area contributed by atoms with E-state index in [9.17, 15) is 5.11 Å². The second kappa shape index (κ2) is 4.18. The van der Waals surface area contributed by atoms with Gasteiger partial charge < -0.3 is 15.4 Å². The van der Waals surface area contributed by atoms with Crippen LogP contribution in [0.25, 0.3) is 10.9 Å². The van der Waals surface area contributed by atoms with Crippen molar-refractivity contribution in [2.24, 2.45) is 5.73 Å². The first kappa shape index (κ1) is 11.0. The number of fused-ring (bicyclic) bond motifs is 1. The van der Waals surface area contributed by atoms with E-state index in [1.807, 2.05) is 6.07 Å². The third-order valence-corrected chi connectivity index (χ3v) is 3.03. The van der Waals surface area contributed by atoms with Crippen LogP contribution in [0.5, 0.6) is 5.75 Å². The van der Waals surface area contributed by atoms with E-state index in [0.717, 1.165) is 29.4 Å². The summed E-state index contributed by atoms with van der Waals surface area (Å²) < 4.78 is 2.18. The highest BCUT2D eigenvalue weighted by molar-refractivity contribution is 5.92. The molecule has 0 amide bonds. The maximum atomic E-state index is 9.96. The standard InChI is InChI=1S/C13H18N2O/c1-3-15-8-10(6-7-14)12-11(16)5-4-9(2)13(12)15/h4-5,8,16H,3,6-7,14H2,1-2H3. The van der Waals surface area contributed by atoms with Crippen LogP contribution in [-0.4, -0.2) is 16.2 Å². The van der Waals surface area contributed by atoms with Gasteiger partial charge in [0.1, 0.15) is 5.75 Å². The third-order valence-electron chi connectivity index (χ3n) is 3.03. The Hall–Kier alpha value is -1.48. The van der Waals surface area contributed by atoms with Crippen molar-refractivity contribution in [3.8, 4) is 5.75 Å². The largest absolute Gasteiger partial charge is 0.507 e. The first-order valence-electron chi connectivity index (χ1n) is 5.69. The van der Waals surface area contributed by atoms with E-state index in [0.29, 0.717) is 12.3 Å². The SMILES string of the molecule is CCn1cc(CCN)c2c(O)ccc(C)c21. The molecule has 3 nitrogen and oxygen atoms in total. The summed E-state index contributed by atoms with van der Waals surface area (Å²) in [6.45, 7) is 5.69. The quantitative estimate of drug-likeness (QED) is 0.829. The van der Waals surface area contributed by atoms with Crippen LogP contribution in [0, 0.1) is 6.92 Å². The highest BCUT2D eigenvalue weighted by atomic mass is 16.3. The van der Waals surface area contributed by atoms with Gasteiger partial charge in [-0.2, -0.15) is 0 Å². The zero-order valence-corrected chi connectivity index (χ0v) is 9.83. The Bertz CT molecular complexity index is 514. The van der Waals surface area contributed by atoms with E-state index in [2.05, 4.69) is 24.6 Å². The van der Waals surface area contributed by atoms with Gasteiger partial charge in [0.2, 0.25) is 0 Å². The molecular weight excluding hydrogens is 200 g/mol. The van der Waals surface area contributed by atoms with Gasteiger partial charge in [0.05, 0.1) is 5.52 Å². The summed E-state index contributed by atoms with van der Waals surface area (Å²) in [4.78, 5) is 0. The Balaban J connectivity index is 2.78. The molecule has 0 atom stereocenters. The summed E-state index contributed by atoms with van der Waals surface area (Å²) in [5, 5.41) is 10.9. The minimum absolute atomic E-state index is 0.358. The number of aryl methyl sites for hydroxylation is 2. The Morgan fingerprint density at radius 1 is 1.38 bits per heavy atom. The van der Waals surface area contributed by atoms with E-state index < -0.39 is 0 Å². The minimum atomic E-state index is 0.358. The molecule has 0 aliphatic carbocycles. The zero-order valence-electron chi connectivity index (χ0n) is 9.83. The Morgan fingerprint density at radius 2 is 2.12 bits per heavy atom. The van der Waals surface area contributed by atoms with Crippen LogP contribution in [0.15, 0.2) is 18.3 Å². The van der Waals surface area contributed by atoms with Gasteiger partial charge >= 0.3 is 0 Å². The molecule has 1 aromatic heterocycles. The van der Waals surface area contributed by atoms with Crippen LogP contribution < -0.4 is 5.73 Å². The third kappa shape index (κ3) is 1.57. The van der Waals surface area contributed by atoms with E-state index in [1.54, 1.807) is 6.07 Å². The fourth-order valence-electron chi connectivity index (χ4n) is 2.28. The monoisotopic (exact) mass is 218 g/mol. The molecule has 0 aliphatic rings. The molecule has 1 aromatic carbocycles. The van der Waals surface area contributed by atoms with Crippen molar-refractivity contribution in [2.45, 2.75) is 26.8 Å². The summed E-state index contributed by atoms with van der Waals surface area (Å²) in [7, 11) is 0. The number of aromatic nitrogens is 1. The molecule has 1 heterocycles. The number of hydrogen-bond donors (Lipinski definition) is 2. The molecule has 3 heteroatoms. The molecule has 0 radical (unpaired) electrons. The van der Waals surface area contributed by atoms with Crippen molar-refractivity contribution in [3.05, 3.63) is 29.5 Å². The van der Waals surface area contributed by atoms with E-state index in [-0.39, 0.29) is 0 Å². The van der Waals surface area contributed by atoms with Gasteiger partial charge in [0.15, 0.2) is 0 Å². The Labute approximate surface area is 95.5 Å². The summed E-state index contributed by atoms with van der Waals surface area (Å²) in [6.07, 6.45) is 2.91. The van der Waals surface area contributed by atoms with Crippen LogP contribution in [-0.2, 0) is 13.0 Å². The number of hydrogen-bond acceptors (Lipinski definition) is 2. The lowest BCUT2D eigenvalue weighted by Crippen LogP contribution is -2.02. The molecule has 3 N–H and O–H groups in total. The molecule has 0 spiro atoms. The van der Waals surface area contributed by atoms with Crippen LogP contribution in [0.4, 0.5) is 0 Å². The molecule has 0 bridgehead atoms. The molecule has 2 rings (SSSR count). The Morgan fingerprint density at radius 3 is 2.75 bits per heavy atom. The lowest BCUT2D eigenvalue weighted by molar-refractivity contribution is 0.481. The van der Waals surface area contributed by atoms with Crippen molar-refractivity contribution < 1.29 is 5.11 Å². The summed E-state index contributed by atoms with van der Waals surface area (Å²) >= 11 is 0. The second-order valence-electron chi connectivity index (χ2n) is 4.10. The van der Waals surface area contributed by atoms with E-state index in [1.165, 1.54) is 5.56 Å². The number of aromatic hydroxyl groups is 1. The number of phenolic OH excluding ortho intramolecular Hbond substituents is 1. The highest BCUT2D eigenvalue weighted by Gasteiger charge is 2.12. The Kier molecular flexibility index (Phi) is 2.88. The highest BCUT2D eigenvalue weighted by Crippen LogP contribution is 2.32. The summed E-state index contributed by atoms with van der Waals surface area (Å²) in [5.41, 5.74) is 9.06. The fraction of sp³-hybridized carbons (Fsp3) is 0.385. The average molecular weight is 218 g/mol. The molecule has 0 saturated heterocycles. The van der Waals surface area contributed by atoms with Crippen LogP contribution in [0.1, 0.15) is 18.1 Å². The molecule has 86 valence electrons. The molecule has 0 saturated carbocycles. The van der Waals surface area contributed by atoms with Crippen molar-refractivity contribution in [3.63, 3.8) is 0 Å². The molecule has 0 aliphatic heterocycles. The van der Waals surface area contributed by atoms with Crippen molar-refractivity contribution >= 4 is 10.9 Å². The zero-order chi connectivity index (χ0) is 11.7. The normalized spacial score (nSPS) is 11.2. The maximum absolute atomic E-state index is 9.96. The summed E-state index contributed by atoms with van der Waals surface area (Å²) in [5.74, 6) is 0.358. The van der Waals surface area contributed by atoms with Gasteiger partial charge in [-0.25, -0.2) is 0 Å². The van der Waals surface area contributed by atoms with E-state index >= 15 is 0 Å². The molecule has 0 unspecified atom stereocenters. The number of nitrogens with two attached hydrogens (primary N) is 1. The van der Waals surface area contributed by atoms with Crippen molar-refractivity contribution in [1.82, 2.24) is 4.57 Å². The van der Waals surface area contributed by atoms with Crippen LogP contribution >= 0.6 is 0 Å². The minimum Gasteiger partial charge on any atom is -0.507 e. The van der Waals surface area contributed by atoms with E-state index in [4.69, 9.17) is 5.73 Å². The van der Waals surface area contributed by atoms with Gasteiger partial charge in [0.25, 0.3) is 0 Å². The van der Waals surface area contributed by atoms with Gasteiger partial charge in [-0.15, -0.1) is 0 Å². The number of phenols is 1. The number of nitrogens with zero attached hydrogens (tertiary/aromatic N) is 1. The van der Waals surface area contributed by atoms with Crippen LogP contribution in [0.3, 0.4) is 0 Å². The predicted molar refractivity (Wildman–Crippen MR) is 66.8 cm³/mol. The molecule has 2 aromatic rings. The first-order chi connectivity index (χ1) is 7.69. The van der Waals surface area contributed by atoms with Crippen LogP contribution in [0.2, 0.25) is 0 Å². The van der Waals surface area contributed by atoms with Gasteiger partial charge in [-0.05, 0) is 44.0 Å². The number of rotatable bonds is 3. The van der Waals surface area contributed by atoms with Gasteiger partial charge in [-0.1, -0.05) is 6.07 Å². The predicted octanol–water partition coefficient (Wildman–Crippen LogP) is 2.18. The molecule has 16 heavy (non-hydrogen) atoms. The molecular formula is C13H18N2O. The molecule has 0 fully saturated rings. The lowest BCUT2D eigenvalue weighted by Gasteiger charge is -2.05. The topological polar surface area (TPSA) is 51.2 Å². The van der Waals surface area contributed by atoms with Gasteiger partial charge in [-0.3, -0.25) is 0 Å². The van der Waals surface area contributed by atoms with Crippen molar-refractivity contribution in [1.29, 1.82) is 0 Å². The van der Waals surface area contributed by atoms with Crippen molar-refractivity contribution in [2.75, 3.05) is 6.54 Å². The first-order valence-corrected chi connectivity index (χ1v) is 5.69. The fourth-order valence-corrected chi connectivity index (χ4v) is 2.28. The van der Waals surface area contributed by atoms with Gasteiger partial charge in [0, 0.05) is 18.1 Å². The second-order valence-corrected chi connectivity index (χ2v) is 4.10. The lowest BCUT2D eigenvalue weighted by atomic mass is 10.1.